The minimum Gasteiger partial charge on any atom is -0.657 e. The van der Waals surface area contributed by atoms with Gasteiger partial charge in [-0.3, -0.25) is 0 Å². The molecule has 6 heteroatoms. The summed E-state index contributed by atoms with van der Waals surface area (Å²) in [5.74, 6) is 1.11. The minimum atomic E-state index is 0. The second-order valence-corrected chi connectivity index (χ2v) is 10.6. The molecule has 5 heterocycles. The van der Waals surface area contributed by atoms with E-state index >= 15 is 0 Å². The third-order valence-corrected chi connectivity index (χ3v) is 8.77. The fourth-order valence-electron chi connectivity index (χ4n) is 6.35. The molecule has 6 rings (SSSR count). The molecule has 0 saturated carbocycles. The van der Waals surface area contributed by atoms with Crippen LogP contribution in [0.25, 0.3) is 35.6 Å². The van der Waals surface area contributed by atoms with E-state index in [1.54, 1.807) is 0 Å². The van der Waals surface area contributed by atoms with Gasteiger partial charge < -0.3 is 25.4 Å². The molecule has 1 aliphatic carbocycles. The van der Waals surface area contributed by atoms with Crippen molar-refractivity contribution in [1.29, 1.82) is 0 Å². The van der Waals surface area contributed by atoms with E-state index in [9.17, 15) is 5.11 Å². The number of nitrogens with zero attached hydrogens (tertiary/aromatic N) is 3. The summed E-state index contributed by atoms with van der Waals surface area (Å²) in [6, 6.07) is 0.113. The minimum absolute atomic E-state index is 0. The predicted molar refractivity (Wildman–Crippen MR) is 152 cm³/mol. The maximum atomic E-state index is 11.0. The Hall–Kier alpha value is -2.83. The molecule has 1 saturated heterocycles. The van der Waals surface area contributed by atoms with E-state index in [0.717, 1.165) is 61.5 Å². The van der Waals surface area contributed by atoms with E-state index in [4.69, 9.17) is 15.0 Å². The number of nitrogens with one attached hydrogen (secondary N) is 1. The monoisotopic (exact) mass is 501 g/mol. The maximum absolute atomic E-state index is 11.0. The maximum Gasteiger partial charge on any atom is 2.00 e. The molecule has 0 spiro atoms. The Kier molecular flexibility index (Phi) is 6.40. The summed E-state index contributed by atoms with van der Waals surface area (Å²) in [5, 5.41) is 18.5. The largest absolute Gasteiger partial charge is 2.00 e. The molecule has 3 aliphatic rings. The molecule has 2 N–H and O–H groups in total. The molecule has 8 bridgehead atoms. The van der Waals surface area contributed by atoms with Crippen molar-refractivity contribution in [3.8, 4) is 0 Å². The third kappa shape index (κ3) is 3.71. The van der Waals surface area contributed by atoms with Crippen LogP contribution in [0, 0.1) is 32.6 Å². The van der Waals surface area contributed by atoms with Crippen LogP contribution in [0.5, 0.6) is 0 Å². The summed E-state index contributed by atoms with van der Waals surface area (Å²) in [6.07, 6.45) is 9.72. The summed E-state index contributed by atoms with van der Waals surface area (Å²) >= 11 is 0. The molecule has 1 unspecified atom stereocenters. The van der Waals surface area contributed by atoms with Gasteiger partial charge in [0.15, 0.2) is 0 Å². The first kappa shape index (κ1) is 25.8. The number of fused-ring (bicyclic) bond motifs is 8. The van der Waals surface area contributed by atoms with E-state index in [1.165, 1.54) is 22.4 Å². The molecular weight excluding hydrogens is 469 g/mol. The Morgan fingerprint density at radius 3 is 2.38 bits per heavy atom. The molecule has 3 aromatic rings. The first-order valence-electron chi connectivity index (χ1n) is 12.9. The Morgan fingerprint density at radius 1 is 0.973 bits per heavy atom. The van der Waals surface area contributed by atoms with Crippen molar-refractivity contribution >= 4 is 58.7 Å². The summed E-state index contributed by atoms with van der Waals surface area (Å²) in [4.78, 5) is 15.2. The van der Waals surface area contributed by atoms with Gasteiger partial charge in [-0.25, -0.2) is 0 Å². The van der Waals surface area contributed by atoms with Crippen LogP contribution in [0.4, 0.5) is 0 Å². The average Bonchev–Trinajstić information content (AvgIpc) is 3.58. The van der Waals surface area contributed by atoms with Crippen LogP contribution in [0.3, 0.4) is 0 Å². The van der Waals surface area contributed by atoms with Gasteiger partial charge in [-0.1, -0.05) is 79.5 Å². The second-order valence-electron chi connectivity index (χ2n) is 10.6. The van der Waals surface area contributed by atoms with Gasteiger partial charge in [-0.15, -0.1) is 33.1 Å². The zero-order valence-electron chi connectivity index (χ0n) is 22.7. The van der Waals surface area contributed by atoms with Gasteiger partial charge in [0.1, 0.15) is 5.76 Å². The number of aliphatic hydroxyl groups excluding tert-OH is 1. The van der Waals surface area contributed by atoms with Crippen LogP contribution in [-0.4, -0.2) is 34.2 Å². The fraction of sp³-hybridized carbons (Fsp3) is 0.355. The third-order valence-electron chi connectivity index (χ3n) is 8.77. The van der Waals surface area contributed by atoms with Crippen LogP contribution in [0.15, 0.2) is 12.3 Å². The van der Waals surface area contributed by atoms with Crippen LogP contribution < -0.4 is 41.5 Å². The summed E-state index contributed by atoms with van der Waals surface area (Å²) in [5.41, 5.74) is 10.7. The molecule has 1 fully saturated rings. The second kappa shape index (κ2) is 9.17. The van der Waals surface area contributed by atoms with E-state index in [-0.39, 0.29) is 29.1 Å². The van der Waals surface area contributed by atoms with Crippen molar-refractivity contribution in [3.63, 3.8) is 0 Å². The van der Waals surface area contributed by atoms with Gasteiger partial charge in [0.05, 0.1) is 0 Å². The first-order valence-corrected chi connectivity index (χ1v) is 12.9. The Morgan fingerprint density at radius 2 is 1.68 bits per heavy atom. The number of hydrogen-bond acceptors (Lipinski definition) is 2. The molecule has 186 valence electrons. The van der Waals surface area contributed by atoms with Gasteiger partial charge in [0.2, 0.25) is 0 Å². The number of rotatable bonds is 2. The van der Waals surface area contributed by atoms with Gasteiger partial charge in [0, 0.05) is 24.1 Å². The van der Waals surface area contributed by atoms with Crippen molar-refractivity contribution in [2.24, 2.45) is 11.8 Å². The van der Waals surface area contributed by atoms with Gasteiger partial charge >= 0.3 is 23.1 Å². The zero-order valence-corrected chi connectivity index (χ0v) is 24.1. The normalized spacial score (nSPS) is 24.9. The van der Waals surface area contributed by atoms with E-state index < -0.39 is 0 Å². The predicted octanol–water partition coefficient (Wildman–Crippen LogP) is 1.78. The van der Waals surface area contributed by atoms with Crippen LogP contribution in [-0.2, 0) is 6.42 Å². The molecule has 0 amide bonds. The standard InChI is InChI=1S/C31H33N4O.Mg/c1-8-19-16(5)23-11-22-14(3)15(4)30(34-22)21-10-28(36)29-18(7)25(35-31(21)29)13-27-20(9-2)17(6)24(33-27)12-26(19)32-23;/h8,11-15,30,34,36H,1,9-10H2,2-7H3;/q-3;+2/b22-11-,24-12-,27-13-;/t14-,15-,30?;/m0./s1. The quantitative estimate of drug-likeness (QED) is 0.524. The molecule has 37 heavy (non-hydrogen) atoms. The zero-order chi connectivity index (χ0) is 25.5. The molecule has 3 atom stereocenters. The SMILES string of the molecule is C=Cc1c2[n-]c(c1C)/C=C1\NC(C3=c4[n-]c(c(C)c4=C(O)C3)/C=c3\[n-]/c(c(C)c3CC)=C\2)[C@@H](C)[C@@H]1C.[Mg+2]. The van der Waals surface area contributed by atoms with E-state index in [0.29, 0.717) is 24.0 Å². The summed E-state index contributed by atoms with van der Waals surface area (Å²) in [7, 11) is 0. The molecule has 3 aromatic heterocycles. The van der Waals surface area contributed by atoms with Crippen molar-refractivity contribution in [1.82, 2.24) is 20.3 Å². The molecule has 0 radical (unpaired) electrons. The number of aliphatic hydroxyl groups is 1. The number of hydrogen-bond donors (Lipinski definition) is 2. The van der Waals surface area contributed by atoms with E-state index in [1.807, 2.05) is 6.08 Å². The molecule has 0 aromatic carbocycles. The van der Waals surface area contributed by atoms with Gasteiger partial charge in [-0.2, -0.15) is 0 Å². The van der Waals surface area contributed by atoms with Crippen molar-refractivity contribution in [2.75, 3.05) is 0 Å². The Balaban J connectivity index is 0.00000280. The van der Waals surface area contributed by atoms with Crippen LogP contribution in [0.1, 0.15) is 72.1 Å². The summed E-state index contributed by atoms with van der Waals surface area (Å²) in [6.45, 7) is 17.1. The molecule has 5 nitrogen and oxygen atoms in total. The average molecular weight is 502 g/mol. The summed E-state index contributed by atoms with van der Waals surface area (Å²) < 4.78 is 0. The van der Waals surface area contributed by atoms with Crippen molar-refractivity contribution in [3.05, 3.63) is 78.4 Å². The molecular formula is C31H33MgN4O-. The van der Waals surface area contributed by atoms with Crippen LogP contribution >= 0.6 is 0 Å². The van der Waals surface area contributed by atoms with Crippen molar-refractivity contribution in [2.45, 2.75) is 60.4 Å². The number of aromatic nitrogens is 3. The van der Waals surface area contributed by atoms with Gasteiger partial charge in [-0.05, 0) is 43.9 Å². The topological polar surface area (TPSA) is 74.6 Å². The van der Waals surface area contributed by atoms with Crippen molar-refractivity contribution < 1.29 is 5.11 Å². The Bertz CT molecular complexity index is 1730. The smallest absolute Gasteiger partial charge is 0.657 e. The van der Waals surface area contributed by atoms with Crippen LogP contribution in [0.2, 0.25) is 0 Å². The van der Waals surface area contributed by atoms with Gasteiger partial charge in [0.25, 0.3) is 0 Å². The molecule has 2 aliphatic heterocycles. The first-order chi connectivity index (χ1) is 17.2. The number of allylic oxidation sites excluding steroid dienone is 1. The van der Waals surface area contributed by atoms with E-state index in [2.05, 4.69) is 71.7 Å². The fourth-order valence-corrected chi connectivity index (χ4v) is 6.35. The Labute approximate surface area is 234 Å².